The van der Waals surface area contributed by atoms with E-state index < -0.39 is 11.4 Å². The summed E-state index contributed by atoms with van der Waals surface area (Å²) >= 11 is 0. The SMILES string of the molecule is CC(C)(C)C(=O)O[O]. The number of hydrogen-bond donors (Lipinski definition) is 0. The highest BCUT2D eigenvalue weighted by Gasteiger charge is 2.23. The van der Waals surface area contributed by atoms with Gasteiger partial charge < -0.3 is 0 Å². The van der Waals surface area contributed by atoms with E-state index >= 15 is 0 Å². The van der Waals surface area contributed by atoms with Gasteiger partial charge in [-0.2, -0.15) is 0 Å². The summed E-state index contributed by atoms with van der Waals surface area (Å²) in [5.41, 5.74) is -0.665. The van der Waals surface area contributed by atoms with E-state index in [1.807, 2.05) is 0 Å². The van der Waals surface area contributed by atoms with Crippen molar-refractivity contribution >= 4 is 5.97 Å². The monoisotopic (exact) mass is 117 g/mol. The second-order valence-corrected chi connectivity index (χ2v) is 2.62. The van der Waals surface area contributed by atoms with Gasteiger partial charge in [0.15, 0.2) is 0 Å². The van der Waals surface area contributed by atoms with Gasteiger partial charge in [0.1, 0.15) is 0 Å². The van der Waals surface area contributed by atoms with Crippen molar-refractivity contribution < 1.29 is 14.9 Å². The van der Waals surface area contributed by atoms with Crippen LogP contribution in [0.15, 0.2) is 0 Å². The molecule has 47 valence electrons. The summed E-state index contributed by atoms with van der Waals surface area (Å²) in [5, 5.41) is 9.43. The first-order chi connectivity index (χ1) is 3.48. The lowest BCUT2D eigenvalue weighted by Crippen LogP contribution is -2.20. The highest BCUT2D eigenvalue weighted by atomic mass is 17.1. The molecular weight excluding hydrogens is 108 g/mol. The van der Waals surface area contributed by atoms with E-state index in [1.165, 1.54) is 0 Å². The third-order valence-electron chi connectivity index (χ3n) is 0.688. The van der Waals surface area contributed by atoms with Crippen molar-refractivity contribution in [3.63, 3.8) is 0 Å². The number of hydrogen-bond acceptors (Lipinski definition) is 2. The summed E-state index contributed by atoms with van der Waals surface area (Å²) in [4.78, 5) is 13.5. The van der Waals surface area contributed by atoms with Crippen molar-refractivity contribution in [1.29, 1.82) is 0 Å². The molecule has 0 aliphatic carbocycles. The van der Waals surface area contributed by atoms with Gasteiger partial charge in [-0.3, -0.25) is 4.89 Å². The Morgan fingerprint density at radius 2 is 1.75 bits per heavy atom. The molecule has 0 spiro atoms. The molecule has 0 aliphatic heterocycles. The summed E-state index contributed by atoms with van der Waals surface area (Å²) in [6.45, 7) is 4.85. The van der Waals surface area contributed by atoms with Crippen LogP contribution in [0.1, 0.15) is 20.8 Å². The predicted octanol–water partition coefficient (Wildman–Crippen LogP) is 0.921. The lowest BCUT2D eigenvalue weighted by Gasteiger charge is -2.09. The number of rotatable bonds is 0. The summed E-state index contributed by atoms with van der Waals surface area (Å²) in [7, 11) is 0. The fraction of sp³-hybridized carbons (Fsp3) is 0.800. The summed E-state index contributed by atoms with van der Waals surface area (Å²) in [6, 6.07) is 0. The Kier molecular flexibility index (Phi) is 1.98. The van der Waals surface area contributed by atoms with E-state index in [1.54, 1.807) is 20.8 Å². The topological polar surface area (TPSA) is 46.2 Å². The van der Waals surface area contributed by atoms with Crippen LogP contribution in [0.3, 0.4) is 0 Å². The molecule has 0 bridgehead atoms. The maximum Gasteiger partial charge on any atom is 0.351 e. The Hall–Kier alpha value is -0.570. The fourth-order valence-electron chi connectivity index (χ4n) is 0.125. The summed E-state index contributed by atoms with van der Waals surface area (Å²) in [5.74, 6) is -0.725. The van der Waals surface area contributed by atoms with Gasteiger partial charge in [0, 0.05) is 5.26 Å². The zero-order valence-corrected chi connectivity index (χ0v) is 5.22. The standard InChI is InChI=1S/C5H9O3/c1-5(2,3)4(6)8-7/h1-3H3. The third-order valence-corrected chi connectivity index (χ3v) is 0.688. The first kappa shape index (κ1) is 7.43. The van der Waals surface area contributed by atoms with Crippen LogP contribution in [-0.2, 0) is 14.9 Å². The quantitative estimate of drug-likeness (QED) is 0.350. The van der Waals surface area contributed by atoms with Crippen LogP contribution in [0.5, 0.6) is 0 Å². The van der Waals surface area contributed by atoms with E-state index in [9.17, 15) is 10.1 Å². The molecule has 0 rings (SSSR count). The van der Waals surface area contributed by atoms with Crippen LogP contribution >= 0.6 is 0 Å². The Balaban J connectivity index is 3.82. The Morgan fingerprint density at radius 1 is 1.38 bits per heavy atom. The van der Waals surface area contributed by atoms with E-state index in [4.69, 9.17) is 0 Å². The Bertz CT molecular complexity index is 90.3. The maximum absolute atomic E-state index is 10.3. The molecule has 0 heterocycles. The maximum atomic E-state index is 10.3. The van der Waals surface area contributed by atoms with E-state index in [0.717, 1.165) is 0 Å². The Morgan fingerprint density at radius 3 is 1.75 bits per heavy atom. The van der Waals surface area contributed by atoms with Crippen LogP contribution in [0.25, 0.3) is 0 Å². The van der Waals surface area contributed by atoms with Crippen molar-refractivity contribution in [2.75, 3.05) is 0 Å². The zero-order valence-electron chi connectivity index (χ0n) is 5.22. The van der Waals surface area contributed by atoms with Crippen LogP contribution < -0.4 is 0 Å². The van der Waals surface area contributed by atoms with Crippen LogP contribution in [0.2, 0.25) is 0 Å². The minimum Gasteiger partial charge on any atom is -0.265 e. The van der Waals surface area contributed by atoms with Crippen LogP contribution in [0.4, 0.5) is 0 Å². The van der Waals surface area contributed by atoms with Crippen molar-refractivity contribution in [1.82, 2.24) is 0 Å². The van der Waals surface area contributed by atoms with Crippen LogP contribution in [0, 0.1) is 5.41 Å². The lowest BCUT2D eigenvalue weighted by atomic mass is 9.98. The number of carbonyl (C=O) groups excluding carboxylic acids is 1. The second kappa shape index (κ2) is 2.13. The van der Waals surface area contributed by atoms with Gasteiger partial charge in [-0.25, -0.2) is 4.79 Å². The highest BCUT2D eigenvalue weighted by Crippen LogP contribution is 2.13. The molecule has 0 aromatic heterocycles. The molecule has 0 amide bonds. The Labute approximate surface area is 48.2 Å². The van der Waals surface area contributed by atoms with Gasteiger partial charge in [0.25, 0.3) is 0 Å². The molecule has 0 saturated heterocycles. The average Bonchev–Trinajstić information content (AvgIpc) is 1.62. The first-order valence-electron chi connectivity index (χ1n) is 2.32. The number of carbonyl (C=O) groups is 1. The smallest absolute Gasteiger partial charge is 0.265 e. The minimum absolute atomic E-state index is 0.665. The molecule has 3 heteroatoms. The molecule has 0 aromatic carbocycles. The lowest BCUT2D eigenvalue weighted by molar-refractivity contribution is -0.285. The zero-order chi connectivity index (χ0) is 6.78. The largest absolute Gasteiger partial charge is 0.351 e. The van der Waals surface area contributed by atoms with Gasteiger partial charge in [-0.05, 0) is 20.8 Å². The molecule has 0 unspecified atom stereocenters. The average molecular weight is 117 g/mol. The second-order valence-electron chi connectivity index (χ2n) is 2.62. The van der Waals surface area contributed by atoms with E-state index in [0.29, 0.717) is 0 Å². The van der Waals surface area contributed by atoms with Crippen molar-refractivity contribution in [2.24, 2.45) is 5.41 Å². The molecular formula is C5H9O3. The normalized spacial score (nSPS) is 11.0. The molecule has 0 aromatic rings. The molecule has 1 radical (unpaired) electrons. The van der Waals surface area contributed by atoms with Crippen molar-refractivity contribution in [2.45, 2.75) is 20.8 Å². The van der Waals surface area contributed by atoms with Crippen molar-refractivity contribution in [3.05, 3.63) is 0 Å². The molecule has 3 nitrogen and oxygen atoms in total. The highest BCUT2D eigenvalue weighted by molar-refractivity contribution is 5.74. The fourth-order valence-corrected chi connectivity index (χ4v) is 0.125. The summed E-state index contributed by atoms with van der Waals surface area (Å²) in [6.07, 6.45) is 0. The third kappa shape index (κ3) is 1.93. The van der Waals surface area contributed by atoms with Gasteiger partial charge in [-0.1, -0.05) is 0 Å². The van der Waals surface area contributed by atoms with Gasteiger partial charge in [0.2, 0.25) is 0 Å². The van der Waals surface area contributed by atoms with Crippen molar-refractivity contribution in [3.8, 4) is 0 Å². The molecule has 0 saturated carbocycles. The van der Waals surface area contributed by atoms with E-state index in [2.05, 4.69) is 4.89 Å². The molecule has 0 N–H and O–H groups in total. The van der Waals surface area contributed by atoms with Gasteiger partial charge in [-0.15, -0.1) is 0 Å². The molecule has 0 fully saturated rings. The predicted molar refractivity (Wildman–Crippen MR) is 26.2 cm³/mol. The first-order valence-corrected chi connectivity index (χ1v) is 2.32. The van der Waals surface area contributed by atoms with Crippen LogP contribution in [-0.4, -0.2) is 5.97 Å². The minimum atomic E-state index is -0.725. The molecule has 0 atom stereocenters. The van der Waals surface area contributed by atoms with Gasteiger partial charge >= 0.3 is 5.97 Å². The van der Waals surface area contributed by atoms with Gasteiger partial charge in [0.05, 0.1) is 5.41 Å². The summed E-state index contributed by atoms with van der Waals surface area (Å²) < 4.78 is 0. The molecule has 8 heavy (non-hydrogen) atoms. The van der Waals surface area contributed by atoms with E-state index in [-0.39, 0.29) is 0 Å². The molecule has 0 aliphatic rings.